The van der Waals surface area contributed by atoms with Crippen LogP contribution in [-0.4, -0.2) is 15.3 Å². The molecule has 15 heavy (non-hydrogen) atoms. The van der Waals surface area contributed by atoms with E-state index >= 15 is 0 Å². The second kappa shape index (κ2) is 3.90. The molecule has 5 heteroatoms. The Bertz CT molecular complexity index is 482. The summed E-state index contributed by atoms with van der Waals surface area (Å²) in [5, 5.41) is 17.1. The van der Waals surface area contributed by atoms with E-state index in [2.05, 4.69) is 10.2 Å². The molecule has 0 bridgehead atoms. The van der Waals surface area contributed by atoms with Gasteiger partial charge in [-0.2, -0.15) is 0 Å². The van der Waals surface area contributed by atoms with Crippen LogP contribution in [0.2, 0.25) is 0 Å². The van der Waals surface area contributed by atoms with Gasteiger partial charge in [0, 0.05) is 11.1 Å². The van der Waals surface area contributed by atoms with E-state index in [0.717, 1.165) is 5.56 Å². The zero-order valence-corrected chi connectivity index (χ0v) is 8.82. The fraction of sp³-hybridized carbons (Fsp3) is 0.200. The van der Waals surface area contributed by atoms with Crippen LogP contribution in [-0.2, 0) is 5.88 Å². The van der Waals surface area contributed by atoms with Crippen LogP contribution in [0.1, 0.15) is 11.5 Å². The van der Waals surface area contributed by atoms with Crippen molar-refractivity contribution in [2.24, 2.45) is 0 Å². The molecule has 1 aromatic carbocycles. The van der Waals surface area contributed by atoms with Crippen molar-refractivity contribution in [3.8, 4) is 17.2 Å². The molecule has 1 aromatic heterocycles. The van der Waals surface area contributed by atoms with Crippen LogP contribution >= 0.6 is 11.6 Å². The Kier molecular flexibility index (Phi) is 2.60. The van der Waals surface area contributed by atoms with Crippen molar-refractivity contribution in [3.05, 3.63) is 29.7 Å². The van der Waals surface area contributed by atoms with Gasteiger partial charge in [-0.05, 0) is 19.1 Å². The third kappa shape index (κ3) is 1.80. The number of aromatic hydroxyl groups is 1. The fourth-order valence-electron chi connectivity index (χ4n) is 1.27. The lowest BCUT2D eigenvalue weighted by Crippen LogP contribution is -1.83. The minimum atomic E-state index is 0.185. The Balaban J connectivity index is 2.49. The molecule has 0 aliphatic carbocycles. The third-order valence-electron chi connectivity index (χ3n) is 2.12. The second-order valence-electron chi connectivity index (χ2n) is 3.08. The molecule has 0 saturated heterocycles. The fourth-order valence-corrected chi connectivity index (χ4v) is 1.38. The molecule has 0 atom stereocenters. The lowest BCUT2D eigenvalue weighted by Gasteiger charge is -2.02. The summed E-state index contributed by atoms with van der Waals surface area (Å²) in [4.78, 5) is 0. The van der Waals surface area contributed by atoms with Crippen LogP contribution in [0, 0.1) is 6.92 Å². The molecule has 0 fully saturated rings. The quantitative estimate of drug-likeness (QED) is 0.797. The monoisotopic (exact) mass is 224 g/mol. The predicted octanol–water partition coefficient (Wildman–Crippen LogP) is 2.49. The predicted molar refractivity (Wildman–Crippen MR) is 55.7 cm³/mol. The van der Waals surface area contributed by atoms with Crippen molar-refractivity contribution in [2.75, 3.05) is 0 Å². The molecule has 78 valence electrons. The van der Waals surface area contributed by atoms with E-state index in [9.17, 15) is 5.11 Å². The Morgan fingerprint density at radius 3 is 2.87 bits per heavy atom. The maximum Gasteiger partial charge on any atom is 0.248 e. The van der Waals surface area contributed by atoms with Gasteiger partial charge in [0.15, 0.2) is 0 Å². The summed E-state index contributed by atoms with van der Waals surface area (Å²) in [6.45, 7) is 1.79. The largest absolute Gasteiger partial charge is 0.508 e. The summed E-state index contributed by atoms with van der Waals surface area (Å²) in [7, 11) is 0. The molecular weight excluding hydrogens is 216 g/mol. The number of halogens is 1. The molecule has 1 N–H and O–H groups in total. The topological polar surface area (TPSA) is 59.2 Å². The van der Waals surface area contributed by atoms with Crippen LogP contribution in [0.3, 0.4) is 0 Å². The Morgan fingerprint density at radius 2 is 2.20 bits per heavy atom. The van der Waals surface area contributed by atoms with Gasteiger partial charge in [-0.15, -0.1) is 21.8 Å². The number of alkyl halides is 1. The Morgan fingerprint density at radius 1 is 1.40 bits per heavy atom. The molecule has 0 amide bonds. The van der Waals surface area contributed by atoms with E-state index in [-0.39, 0.29) is 11.6 Å². The first-order valence-electron chi connectivity index (χ1n) is 4.39. The van der Waals surface area contributed by atoms with Gasteiger partial charge >= 0.3 is 0 Å². The number of hydrogen-bond acceptors (Lipinski definition) is 4. The van der Waals surface area contributed by atoms with Crippen LogP contribution in [0.5, 0.6) is 5.75 Å². The molecule has 2 rings (SSSR count). The van der Waals surface area contributed by atoms with Crippen molar-refractivity contribution < 1.29 is 9.52 Å². The normalized spacial score (nSPS) is 10.5. The number of phenols is 1. The van der Waals surface area contributed by atoms with Gasteiger partial charge in [0.05, 0.1) is 0 Å². The van der Waals surface area contributed by atoms with E-state index in [1.54, 1.807) is 25.1 Å². The van der Waals surface area contributed by atoms with E-state index in [1.165, 1.54) is 0 Å². The van der Waals surface area contributed by atoms with Gasteiger partial charge in [-0.1, -0.05) is 6.07 Å². The highest BCUT2D eigenvalue weighted by Gasteiger charge is 2.11. The zero-order valence-electron chi connectivity index (χ0n) is 8.07. The molecule has 0 unspecified atom stereocenters. The number of nitrogens with zero attached hydrogens (tertiary/aromatic N) is 2. The van der Waals surface area contributed by atoms with E-state index in [4.69, 9.17) is 16.0 Å². The van der Waals surface area contributed by atoms with Gasteiger partial charge in [0.2, 0.25) is 11.8 Å². The van der Waals surface area contributed by atoms with Gasteiger partial charge in [-0.25, -0.2) is 0 Å². The van der Waals surface area contributed by atoms with Crippen molar-refractivity contribution in [1.29, 1.82) is 0 Å². The highest BCUT2D eigenvalue weighted by Crippen LogP contribution is 2.28. The standard InChI is InChI=1S/C10H9ClN2O2/c1-6-7(3-2-4-8(6)14)10-13-12-9(5-11)15-10/h2-4,14H,5H2,1H3. The van der Waals surface area contributed by atoms with Crippen LogP contribution in [0.25, 0.3) is 11.5 Å². The van der Waals surface area contributed by atoms with E-state index < -0.39 is 0 Å². The SMILES string of the molecule is Cc1c(O)cccc1-c1nnc(CCl)o1. The summed E-state index contributed by atoms with van der Waals surface area (Å²) >= 11 is 5.55. The number of phenolic OH excluding ortho intramolecular Hbond substituents is 1. The van der Waals surface area contributed by atoms with Crippen LogP contribution in [0.15, 0.2) is 22.6 Å². The Hall–Kier alpha value is -1.55. The first-order valence-corrected chi connectivity index (χ1v) is 4.93. The highest BCUT2D eigenvalue weighted by atomic mass is 35.5. The lowest BCUT2D eigenvalue weighted by atomic mass is 10.1. The van der Waals surface area contributed by atoms with E-state index in [0.29, 0.717) is 17.3 Å². The maximum atomic E-state index is 9.51. The van der Waals surface area contributed by atoms with Crippen molar-refractivity contribution in [3.63, 3.8) is 0 Å². The van der Waals surface area contributed by atoms with Crippen molar-refractivity contribution in [1.82, 2.24) is 10.2 Å². The van der Waals surface area contributed by atoms with Gasteiger partial charge in [0.1, 0.15) is 11.6 Å². The molecule has 0 aliphatic rings. The average Bonchev–Trinajstić information content (AvgIpc) is 2.70. The summed E-state index contributed by atoms with van der Waals surface area (Å²) in [6.07, 6.45) is 0. The highest BCUT2D eigenvalue weighted by molar-refractivity contribution is 6.16. The first kappa shape index (κ1) is 9.98. The zero-order chi connectivity index (χ0) is 10.8. The molecular formula is C10H9ClN2O2. The second-order valence-corrected chi connectivity index (χ2v) is 3.35. The van der Waals surface area contributed by atoms with Crippen molar-refractivity contribution >= 4 is 11.6 Å². The summed E-state index contributed by atoms with van der Waals surface area (Å²) in [5.41, 5.74) is 1.43. The van der Waals surface area contributed by atoms with Crippen LogP contribution < -0.4 is 0 Å². The van der Waals surface area contributed by atoms with Gasteiger partial charge in [-0.3, -0.25) is 0 Å². The number of hydrogen-bond donors (Lipinski definition) is 1. The average molecular weight is 225 g/mol. The minimum absolute atomic E-state index is 0.185. The molecule has 0 radical (unpaired) electrons. The lowest BCUT2D eigenvalue weighted by molar-refractivity contribution is 0.470. The molecule has 0 spiro atoms. The van der Waals surface area contributed by atoms with Crippen LogP contribution in [0.4, 0.5) is 0 Å². The molecule has 0 saturated carbocycles. The first-order chi connectivity index (χ1) is 7.22. The number of aromatic nitrogens is 2. The maximum absolute atomic E-state index is 9.51. The molecule has 0 aliphatic heterocycles. The van der Waals surface area contributed by atoms with E-state index in [1.807, 2.05) is 0 Å². The summed E-state index contributed by atoms with van der Waals surface area (Å²) in [5.74, 6) is 1.14. The molecule has 1 heterocycles. The van der Waals surface area contributed by atoms with Crippen molar-refractivity contribution in [2.45, 2.75) is 12.8 Å². The minimum Gasteiger partial charge on any atom is -0.508 e. The van der Waals surface area contributed by atoms with Gasteiger partial charge in [0.25, 0.3) is 0 Å². The number of rotatable bonds is 2. The number of benzene rings is 1. The summed E-state index contributed by atoms with van der Waals surface area (Å²) < 4.78 is 5.29. The summed E-state index contributed by atoms with van der Waals surface area (Å²) in [6, 6.07) is 5.14. The molecule has 2 aromatic rings. The van der Waals surface area contributed by atoms with Gasteiger partial charge < -0.3 is 9.52 Å². The smallest absolute Gasteiger partial charge is 0.248 e. The Labute approximate surface area is 91.5 Å². The third-order valence-corrected chi connectivity index (χ3v) is 2.35. The molecule has 4 nitrogen and oxygen atoms in total.